The van der Waals surface area contributed by atoms with Crippen LogP contribution in [-0.4, -0.2) is 24.4 Å². The van der Waals surface area contributed by atoms with E-state index < -0.39 is 10.0 Å². The molecule has 6 nitrogen and oxygen atoms in total. The third-order valence-electron chi connectivity index (χ3n) is 3.68. The molecule has 2 aromatic carbocycles. The van der Waals surface area contributed by atoms with Crippen LogP contribution in [0.4, 0.5) is 0 Å². The maximum absolute atomic E-state index is 12.1. The monoisotopic (exact) mass is 357 g/mol. The summed E-state index contributed by atoms with van der Waals surface area (Å²) in [6.07, 6.45) is 0.453. The number of benzene rings is 2. The fourth-order valence-corrected chi connectivity index (χ4v) is 3.35. The van der Waals surface area contributed by atoms with Crippen molar-refractivity contribution in [3.05, 3.63) is 71.6 Å². The Hall–Kier alpha value is -2.51. The largest absolute Gasteiger partial charge is 0.419 e. The van der Waals surface area contributed by atoms with Gasteiger partial charge >= 0.3 is 0 Å². The molecule has 0 bridgehead atoms. The number of hydrogen-bond donors (Lipinski definition) is 1. The van der Waals surface area contributed by atoms with E-state index in [9.17, 15) is 8.42 Å². The van der Waals surface area contributed by atoms with Gasteiger partial charge in [0, 0.05) is 5.56 Å². The summed E-state index contributed by atoms with van der Waals surface area (Å²) in [7, 11) is -3.42. The van der Waals surface area contributed by atoms with Crippen LogP contribution in [0, 0.1) is 6.92 Å². The van der Waals surface area contributed by atoms with Crippen LogP contribution >= 0.6 is 0 Å². The van der Waals surface area contributed by atoms with E-state index >= 15 is 0 Å². The molecule has 0 atom stereocenters. The van der Waals surface area contributed by atoms with Gasteiger partial charge in [0.1, 0.15) is 0 Å². The minimum atomic E-state index is -3.42. The van der Waals surface area contributed by atoms with Crippen LogP contribution in [-0.2, 0) is 23.0 Å². The molecule has 0 saturated carbocycles. The highest BCUT2D eigenvalue weighted by Crippen LogP contribution is 2.18. The van der Waals surface area contributed by atoms with Crippen LogP contribution in [0.2, 0.25) is 0 Å². The Morgan fingerprint density at radius 3 is 2.60 bits per heavy atom. The van der Waals surface area contributed by atoms with Crippen LogP contribution < -0.4 is 4.72 Å². The molecule has 1 N–H and O–H groups in total. The average molecular weight is 357 g/mol. The highest BCUT2D eigenvalue weighted by atomic mass is 32.2. The summed E-state index contributed by atoms with van der Waals surface area (Å²) in [5.41, 5.74) is 2.87. The second kappa shape index (κ2) is 7.58. The standard InChI is InChI=1S/C18H19N3O3S/c1-14-6-5-9-16(12-14)18-21-20-17(24-18)13-19-25(22,23)11-10-15-7-3-2-4-8-15/h2-9,12,19H,10-11,13H2,1H3. The molecule has 1 aromatic heterocycles. The van der Waals surface area contributed by atoms with Gasteiger partial charge in [0.15, 0.2) is 0 Å². The SMILES string of the molecule is Cc1cccc(-c2nnc(CNS(=O)(=O)CCc3ccccc3)o2)c1. The number of aryl methyl sites for hydroxylation is 2. The first kappa shape index (κ1) is 17.3. The molecule has 0 saturated heterocycles. The highest BCUT2D eigenvalue weighted by molar-refractivity contribution is 7.89. The molecule has 0 amide bonds. The summed E-state index contributed by atoms with van der Waals surface area (Å²) in [4.78, 5) is 0. The molecule has 130 valence electrons. The molecule has 3 aromatic rings. The first-order chi connectivity index (χ1) is 12.0. The lowest BCUT2D eigenvalue weighted by atomic mass is 10.1. The van der Waals surface area contributed by atoms with Crippen molar-refractivity contribution in [2.45, 2.75) is 19.9 Å². The quantitative estimate of drug-likeness (QED) is 0.703. The van der Waals surface area contributed by atoms with E-state index in [1.165, 1.54) is 0 Å². The third-order valence-corrected chi connectivity index (χ3v) is 5.00. The van der Waals surface area contributed by atoms with Gasteiger partial charge in [-0.1, -0.05) is 48.0 Å². The van der Waals surface area contributed by atoms with Crippen molar-refractivity contribution in [1.82, 2.24) is 14.9 Å². The molecule has 25 heavy (non-hydrogen) atoms. The number of sulfonamides is 1. The zero-order valence-electron chi connectivity index (χ0n) is 13.8. The molecule has 7 heteroatoms. The fraction of sp³-hybridized carbons (Fsp3) is 0.222. The lowest BCUT2D eigenvalue weighted by Crippen LogP contribution is -2.27. The fourth-order valence-electron chi connectivity index (χ4n) is 2.36. The van der Waals surface area contributed by atoms with Crippen molar-refractivity contribution >= 4 is 10.0 Å². The molecule has 3 rings (SSSR count). The predicted molar refractivity (Wildman–Crippen MR) is 95.2 cm³/mol. The van der Waals surface area contributed by atoms with E-state index in [1.807, 2.05) is 61.5 Å². The molecule has 0 aliphatic heterocycles. The van der Waals surface area contributed by atoms with Crippen molar-refractivity contribution in [2.75, 3.05) is 5.75 Å². The zero-order chi connectivity index (χ0) is 17.7. The van der Waals surface area contributed by atoms with E-state index in [4.69, 9.17) is 4.42 Å². The minimum Gasteiger partial charge on any atom is -0.419 e. The molecular weight excluding hydrogens is 338 g/mol. The molecule has 1 heterocycles. The predicted octanol–water partition coefficient (Wildman–Crippen LogP) is 2.71. The first-order valence-corrected chi connectivity index (χ1v) is 9.58. The Bertz CT molecular complexity index is 937. The Morgan fingerprint density at radius 2 is 1.84 bits per heavy atom. The zero-order valence-corrected chi connectivity index (χ0v) is 14.7. The number of nitrogens with zero attached hydrogens (tertiary/aromatic N) is 2. The van der Waals surface area contributed by atoms with E-state index in [2.05, 4.69) is 14.9 Å². The average Bonchev–Trinajstić information content (AvgIpc) is 3.09. The van der Waals surface area contributed by atoms with Gasteiger partial charge in [-0.2, -0.15) is 0 Å². The molecule has 0 fully saturated rings. The lowest BCUT2D eigenvalue weighted by Gasteiger charge is -2.04. The summed E-state index contributed by atoms with van der Waals surface area (Å²) in [6, 6.07) is 17.2. The van der Waals surface area contributed by atoms with Crippen LogP contribution in [0.25, 0.3) is 11.5 Å². The molecule has 0 aliphatic carbocycles. The van der Waals surface area contributed by atoms with Gasteiger partial charge in [-0.3, -0.25) is 0 Å². The number of hydrogen-bond acceptors (Lipinski definition) is 5. The molecule has 0 aliphatic rings. The van der Waals surface area contributed by atoms with Crippen LogP contribution in [0.1, 0.15) is 17.0 Å². The Balaban J connectivity index is 1.58. The normalized spacial score (nSPS) is 11.6. The Morgan fingerprint density at radius 1 is 1.04 bits per heavy atom. The van der Waals surface area contributed by atoms with Crippen molar-refractivity contribution in [3.63, 3.8) is 0 Å². The summed E-state index contributed by atoms with van der Waals surface area (Å²) < 4.78 is 32.2. The highest BCUT2D eigenvalue weighted by Gasteiger charge is 2.14. The lowest BCUT2D eigenvalue weighted by molar-refractivity contribution is 0.494. The van der Waals surface area contributed by atoms with Crippen LogP contribution in [0.5, 0.6) is 0 Å². The molecule has 0 unspecified atom stereocenters. The van der Waals surface area contributed by atoms with Crippen molar-refractivity contribution in [2.24, 2.45) is 0 Å². The van der Waals surface area contributed by atoms with E-state index in [-0.39, 0.29) is 18.2 Å². The Kier molecular flexibility index (Phi) is 5.25. The number of nitrogens with one attached hydrogen (secondary N) is 1. The summed E-state index contributed by atoms with van der Waals surface area (Å²) in [5.74, 6) is 0.623. The Labute approximate surface area is 147 Å². The van der Waals surface area contributed by atoms with Gasteiger partial charge < -0.3 is 4.42 Å². The molecule has 0 spiro atoms. The maximum Gasteiger partial charge on any atom is 0.247 e. The van der Waals surface area contributed by atoms with Gasteiger partial charge in [-0.05, 0) is 31.0 Å². The van der Waals surface area contributed by atoms with E-state index in [0.717, 1.165) is 16.7 Å². The third kappa shape index (κ3) is 4.98. The smallest absolute Gasteiger partial charge is 0.247 e. The summed E-state index contributed by atoms with van der Waals surface area (Å²) in [5, 5.41) is 7.87. The van der Waals surface area contributed by atoms with Gasteiger partial charge in [0.2, 0.25) is 21.8 Å². The second-order valence-corrected chi connectivity index (χ2v) is 7.67. The first-order valence-electron chi connectivity index (χ1n) is 7.92. The van der Waals surface area contributed by atoms with Gasteiger partial charge in [0.05, 0.1) is 12.3 Å². The topological polar surface area (TPSA) is 85.1 Å². The van der Waals surface area contributed by atoms with E-state index in [0.29, 0.717) is 12.3 Å². The van der Waals surface area contributed by atoms with Gasteiger partial charge in [-0.25, -0.2) is 13.1 Å². The van der Waals surface area contributed by atoms with Crippen LogP contribution in [0.3, 0.4) is 0 Å². The molecular formula is C18H19N3O3S. The van der Waals surface area contributed by atoms with Crippen molar-refractivity contribution in [3.8, 4) is 11.5 Å². The van der Waals surface area contributed by atoms with Gasteiger partial charge in [-0.15, -0.1) is 10.2 Å². The second-order valence-electron chi connectivity index (χ2n) is 5.75. The summed E-state index contributed by atoms with van der Waals surface area (Å²) in [6.45, 7) is 1.96. The van der Waals surface area contributed by atoms with Crippen molar-refractivity contribution < 1.29 is 12.8 Å². The van der Waals surface area contributed by atoms with Crippen molar-refractivity contribution in [1.29, 1.82) is 0 Å². The minimum absolute atomic E-state index is 0.00981. The number of aromatic nitrogens is 2. The van der Waals surface area contributed by atoms with Crippen LogP contribution in [0.15, 0.2) is 59.0 Å². The van der Waals surface area contributed by atoms with Gasteiger partial charge in [0.25, 0.3) is 0 Å². The number of rotatable bonds is 7. The van der Waals surface area contributed by atoms with E-state index in [1.54, 1.807) is 0 Å². The molecule has 0 radical (unpaired) electrons. The summed E-state index contributed by atoms with van der Waals surface area (Å²) >= 11 is 0. The maximum atomic E-state index is 12.1.